The number of benzene rings is 1. The molecule has 1 aliphatic carbocycles. The first-order valence-electron chi connectivity index (χ1n) is 8.08. The number of rotatable bonds is 6. The van der Waals surface area contributed by atoms with Gasteiger partial charge in [0.25, 0.3) is 0 Å². The molecule has 0 radical (unpaired) electrons. The van der Waals surface area contributed by atoms with E-state index in [-0.39, 0.29) is 30.7 Å². The number of carbonyl (C=O) groups is 2. The minimum absolute atomic E-state index is 0.0801. The van der Waals surface area contributed by atoms with Crippen LogP contribution in [0.5, 0.6) is 5.75 Å². The third kappa shape index (κ3) is 5.37. The lowest BCUT2D eigenvalue weighted by atomic mass is 9.81. The zero-order valence-corrected chi connectivity index (χ0v) is 13.5. The number of nitrogens with one attached hydrogen (secondary N) is 1. The highest BCUT2D eigenvalue weighted by molar-refractivity contribution is 5.79. The van der Waals surface area contributed by atoms with E-state index in [9.17, 15) is 22.8 Å². The SMILES string of the molecule is O=C(O)C1CCC(C(=O)NCCOc2ccccc2C(F)(F)F)CC1. The Morgan fingerprint density at radius 2 is 1.72 bits per heavy atom. The first kappa shape index (κ1) is 19.1. The minimum atomic E-state index is -4.50. The molecular formula is C17H20F3NO4. The smallest absolute Gasteiger partial charge is 0.419 e. The maximum absolute atomic E-state index is 12.8. The maximum Gasteiger partial charge on any atom is 0.419 e. The summed E-state index contributed by atoms with van der Waals surface area (Å²) in [6.45, 7) is 0.00713. The quantitative estimate of drug-likeness (QED) is 0.766. The summed E-state index contributed by atoms with van der Waals surface area (Å²) >= 11 is 0. The van der Waals surface area contributed by atoms with Crippen molar-refractivity contribution in [1.82, 2.24) is 5.32 Å². The molecule has 1 aliphatic rings. The molecule has 138 valence electrons. The van der Waals surface area contributed by atoms with Gasteiger partial charge in [0.05, 0.1) is 18.0 Å². The molecule has 2 rings (SSSR count). The summed E-state index contributed by atoms with van der Waals surface area (Å²) in [4.78, 5) is 22.9. The van der Waals surface area contributed by atoms with E-state index in [1.165, 1.54) is 18.2 Å². The zero-order valence-electron chi connectivity index (χ0n) is 13.5. The van der Waals surface area contributed by atoms with Crippen molar-refractivity contribution in [2.75, 3.05) is 13.2 Å². The molecule has 1 aromatic carbocycles. The van der Waals surface area contributed by atoms with Gasteiger partial charge in [0.15, 0.2) is 0 Å². The number of amides is 1. The third-order valence-corrected chi connectivity index (χ3v) is 4.30. The molecule has 1 saturated carbocycles. The van der Waals surface area contributed by atoms with E-state index >= 15 is 0 Å². The van der Waals surface area contributed by atoms with Crippen molar-refractivity contribution in [2.45, 2.75) is 31.9 Å². The Labute approximate surface area is 143 Å². The van der Waals surface area contributed by atoms with Crippen LogP contribution in [-0.2, 0) is 15.8 Å². The molecule has 0 heterocycles. The Morgan fingerprint density at radius 1 is 1.12 bits per heavy atom. The van der Waals surface area contributed by atoms with Crippen molar-refractivity contribution in [3.05, 3.63) is 29.8 Å². The fourth-order valence-electron chi connectivity index (χ4n) is 2.91. The predicted octanol–water partition coefficient (Wildman–Crippen LogP) is 3.09. The van der Waals surface area contributed by atoms with E-state index in [1.54, 1.807) is 0 Å². The number of para-hydroxylation sites is 1. The van der Waals surface area contributed by atoms with Gasteiger partial charge in [0.1, 0.15) is 12.4 Å². The molecule has 0 spiro atoms. The second-order valence-corrected chi connectivity index (χ2v) is 6.02. The monoisotopic (exact) mass is 359 g/mol. The molecule has 25 heavy (non-hydrogen) atoms. The van der Waals surface area contributed by atoms with Crippen molar-refractivity contribution in [1.29, 1.82) is 0 Å². The van der Waals surface area contributed by atoms with E-state index in [1.807, 2.05) is 0 Å². The number of hydrogen-bond donors (Lipinski definition) is 2. The Balaban J connectivity index is 1.75. The fourth-order valence-corrected chi connectivity index (χ4v) is 2.91. The van der Waals surface area contributed by atoms with Crippen LogP contribution < -0.4 is 10.1 Å². The van der Waals surface area contributed by atoms with Crippen LogP contribution in [0, 0.1) is 11.8 Å². The lowest BCUT2D eigenvalue weighted by molar-refractivity contribution is -0.144. The third-order valence-electron chi connectivity index (χ3n) is 4.30. The number of hydrogen-bond acceptors (Lipinski definition) is 3. The van der Waals surface area contributed by atoms with Crippen LogP contribution in [0.3, 0.4) is 0 Å². The van der Waals surface area contributed by atoms with Gasteiger partial charge >= 0.3 is 12.1 Å². The first-order chi connectivity index (χ1) is 11.8. The maximum atomic E-state index is 12.8. The molecule has 0 aliphatic heterocycles. The summed E-state index contributed by atoms with van der Waals surface area (Å²) in [6.07, 6.45) is -2.57. The Morgan fingerprint density at radius 3 is 2.32 bits per heavy atom. The van der Waals surface area contributed by atoms with E-state index < -0.39 is 23.6 Å². The number of alkyl halides is 3. The van der Waals surface area contributed by atoms with Crippen molar-refractivity contribution >= 4 is 11.9 Å². The molecule has 0 aromatic heterocycles. The van der Waals surface area contributed by atoms with Gasteiger partial charge in [-0.05, 0) is 37.8 Å². The van der Waals surface area contributed by atoms with E-state index in [4.69, 9.17) is 9.84 Å². The lowest BCUT2D eigenvalue weighted by Crippen LogP contribution is -2.36. The summed E-state index contributed by atoms with van der Waals surface area (Å²) in [5, 5.41) is 11.6. The zero-order chi connectivity index (χ0) is 18.4. The van der Waals surface area contributed by atoms with Crippen molar-refractivity contribution < 1.29 is 32.6 Å². The highest BCUT2D eigenvalue weighted by Crippen LogP contribution is 2.35. The van der Waals surface area contributed by atoms with Gasteiger partial charge in [-0.1, -0.05) is 12.1 Å². The summed E-state index contributed by atoms with van der Waals surface area (Å²) < 4.78 is 43.6. The van der Waals surface area contributed by atoms with Crippen LogP contribution >= 0.6 is 0 Å². The summed E-state index contributed by atoms with van der Waals surface area (Å²) in [6, 6.07) is 4.90. The molecule has 0 atom stereocenters. The van der Waals surface area contributed by atoms with Crippen LogP contribution in [0.25, 0.3) is 0 Å². The van der Waals surface area contributed by atoms with E-state index in [0.717, 1.165) is 6.07 Å². The van der Waals surface area contributed by atoms with Crippen molar-refractivity contribution in [3.8, 4) is 5.75 Å². The van der Waals surface area contributed by atoms with Crippen molar-refractivity contribution in [3.63, 3.8) is 0 Å². The Hall–Kier alpha value is -2.25. The molecule has 1 amide bonds. The molecular weight excluding hydrogens is 339 g/mol. The average Bonchev–Trinajstić information content (AvgIpc) is 2.58. The number of carboxylic acids is 1. The van der Waals surface area contributed by atoms with Crippen LogP contribution in [0.1, 0.15) is 31.2 Å². The molecule has 0 bridgehead atoms. The standard InChI is InChI=1S/C17H20F3NO4/c18-17(19,20)13-3-1-2-4-14(13)25-10-9-21-15(22)11-5-7-12(8-6-11)16(23)24/h1-4,11-12H,5-10H2,(H,21,22)(H,23,24). The topological polar surface area (TPSA) is 75.6 Å². The van der Waals surface area contributed by atoms with Crippen LogP contribution in [0.4, 0.5) is 13.2 Å². The molecule has 1 aromatic rings. The van der Waals surface area contributed by atoms with Crippen LogP contribution in [0.2, 0.25) is 0 Å². The average molecular weight is 359 g/mol. The highest BCUT2D eigenvalue weighted by Gasteiger charge is 2.34. The molecule has 0 unspecified atom stereocenters. The molecule has 1 fully saturated rings. The van der Waals surface area contributed by atoms with Crippen molar-refractivity contribution in [2.24, 2.45) is 11.8 Å². The summed E-state index contributed by atoms with van der Waals surface area (Å²) in [5.74, 6) is -1.97. The summed E-state index contributed by atoms with van der Waals surface area (Å²) in [7, 11) is 0. The molecule has 0 saturated heterocycles. The molecule has 8 heteroatoms. The predicted molar refractivity (Wildman–Crippen MR) is 83.0 cm³/mol. The largest absolute Gasteiger partial charge is 0.491 e. The highest BCUT2D eigenvalue weighted by atomic mass is 19.4. The van der Waals surface area contributed by atoms with Crippen LogP contribution in [0.15, 0.2) is 24.3 Å². The van der Waals surface area contributed by atoms with Gasteiger partial charge in [-0.15, -0.1) is 0 Å². The number of carboxylic acid groups (broad SMARTS) is 1. The molecule has 5 nitrogen and oxygen atoms in total. The van der Waals surface area contributed by atoms with Gasteiger partial charge in [-0.25, -0.2) is 0 Å². The number of halogens is 3. The first-order valence-corrected chi connectivity index (χ1v) is 8.08. The van der Waals surface area contributed by atoms with Gasteiger partial charge in [-0.2, -0.15) is 13.2 Å². The summed E-state index contributed by atoms with van der Waals surface area (Å²) in [5.41, 5.74) is -0.853. The second kappa shape index (κ2) is 8.22. The van der Waals surface area contributed by atoms with Gasteiger partial charge in [0, 0.05) is 5.92 Å². The van der Waals surface area contributed by atoms with Gasteiger partial charge in [-0.3, -0.25) is 9.59 Å². The Kier molecular flexibility index (Phi) is 6.27. The second-order valence-electron chi connectivity index (χ2n) is 6.02. The number of carbonyl (C=O) groups excluding carboxylic acids is 1. The molecule has 2 N–H and O–H groups in total. The van der Waals surface area contributed by atoms with E-state index in [2.05, 4.69) is 5.32 Å². The number of aliphatic carboxylic acids is 1. The van der Waals surface area contributed by atoms with E-state index in [0.29, 0.717) is 25.7 Å². The normalized spacial score (nSPS) is 20.8. The van der Waals surface area contributed by atoms with Crippen LogP contribution in [-0.4, -0.2) is 30.1 Å². The van der Waals surface area contributed by atoms with Gasteiger partial charge < -0.3 is 15.2 Å². The fraction of sp³-hybridized carbons (Fsp3) is 0.529. The number of ether oxygens (including phenoxy) is 1. The lowest BCUT2D eigenvalue weighted by Gasteiger charge is -2.25. The Bertz CT molecular complexity index is 610. The van der Waals surface area contributed by atoms with Gasteiger partial charge in [0.2, 0.25) is 5.91 Å². The minimum Gasteiger partial charge on any atom is -0.491 e.